The molecule has 0 radical (unpaired) electrons. The van der Waals surface area contributed by atoms with Gasteiger partial charge >= 0.3 is 5.97 Å². The molecule has 2 fully saturated rings. The van der Waals surface area contributed by atoms with Crippen LogP contribution in [0, 0.1) is 5.82 Å². The molecule has 3 aromatic rings. The average molecular weight is 514 g/mol. The minimum absolute atomic E-state index is 0.0175. The molecule has 36 heavy (non-hydrogen) atoms. The molecule has 0 bridgehead atoms. The number of halogens is 2. The van der Waals surface area contributed by atoms with Gasteiger partial charge in [0.1, 0.15) is 29.3 Å². The quantitative estimate of drug-likeness (QED) is 0.434. The number of likely N-dealkylation sites (tertiary alicyclic amines) is 1. The van der Waals surface area contributed by atoms with Crippen molar-refractivity contribution in [1.29, 1.82) is 0 Å². The van der Waals surface area contributed by atoms with Gasteiger partial charge in [0.15, 0.2) is 5.82 Å². The number of piperidine rings is 1. The molecule has 0 unspecified atom stereocenters. The molecule has 2 aromatic heterocycles. The Morgan fingerprint density at radius 1 is 1.11 bits per heavy atom. The van der Waals surface area contributed by atoms with Gasteiger partial charge < -0.3 is 15.4 Å². The number of carbonyl (C=O) groups excluding carboxylic acids is 1. The van der Waals surface area contributed by atoms with Crippen molar-refractivity contribution in [2.45, 2.75) is 57.1 Å². The van der Waals surface area contributed by atoms with Gasteiger partial charge in [-0.1, -0.05) is 18.0 Å². The summed E-state index contributed by atoms with van der Waals surface area (Å²) in [6.45, 7) is 1.94. The first-order valence-electron chi connectivity index (χ1n) is 12.4. The van der Waals surface area contributed by atoms with Gasteiger partial charge in [0, 0.05) is 24.8 Å². The van der Waals surface area contributed by atoms with E-state index in [1.807, 2.05) is 0 Å². The molecule has 2 N–H and O–H groups in total. The number of anilines is 3. The molecule has 1 aromatic carbocycles. The molecule has 1 saturated heterocycles. The van der Waals surface area contributed by atoms with Crippen molar-refractivity contribution in [2.75, 3.05) is 30.3 Å². The fourth-order valence-electron chi connectivity index (χ4n) is 4.73. The maximum absolute atomic E-state index is 13.5. The third-order valence-corrected chi connectivity index (χ3v) is 6.97. The Morgan fingerprint density at radius 2 is 1.92 bits per heavy atom. The van der Waals surface area contributed by atoms with Gasteiger partial charge in [-0.2, -0.15) is 0 Å². The normalized spacial score (nSPS) is 17.7. The molecule has 11 heteroatoms. The summed E-state index contributed by atoms with van der Waals surface area (Å²) in [5, 5.41) is 6.55. The number of aromatic nitrogens is 4. The van der Waals surface area contributed by atoms with Gasteiger partial charge in [0.2, 0.25) is 5.95 Å². The van der Waals surface area contributed by atoms with Crippen molar-refractivity contribution in [2.24, 2.45) is 0 Å². The summed E-state index contributed by atoms with van der Waals surface area (Å²) in [6, 6.07) is 4.54. The van der Waals surface area contributed by atoms with Gasteiger partial charge in [-0.15, -0.1) is 0 Å². The van der Waals surface area contributed by atoms with Crippen LogP contribution in [0.1, 0.15) is 44.9 Å². The van der Waals surface area contributed by atoms with Crippen molar-refractivity contribution in [3.63, 3.8) is 0 Å². The lowest BCUT2D eigenvalue weighted by Gasteiger charge is -2.32. The summed E-state index contributed by atoms with van der Waals surface area (Å²) >= 11 is 5.90. The van der Waals surface area contributed by atoms with Gasteiger partial charge in [-0.25, -0.2) is 24.3 Å². The topological polar surface area (TPSA) is 105 Å². The van der Waals surface area contributed by atoms with Crippen LogP contribution in [0.25, 0.3) is 11.0 Å². The number of carbonyl (C=O) groups is 1. The van der Waals surface area contributed by atoms with E-state index in [1.165, 1.54) is 24.9 Å². The largest absolute Gasteiger partial charge is 0.461 e. The number of esters is 1. The SMILES string of the molecule is O=C(CN1CCC(Nc2ncc3ncnc(Nc4ccc(F)c(Cl)c4)c3n2)CC1)OC1CCCCC1. The van der Waals surface area contributed by atoms with E-state index in [2.05, 4.69) is 35.5 Å². The van der Waals surface area contributed by atoms with E-state index in [0.29, 0.717) is 35.0 Å². The molecule has 0 amide bonds. The van der Waals surface area contributed by atoms with Crippen LogP contribution in [0.5, 0.6) is 0 Å². The molecule has 0 spiro atoms. The summed E-state index contributed by atoms with van der Waals surface area (Å²) in [4.78, 5) is 32.1. The zero-order chi connectivity index (χ0) is 24.9. The first-order valence-corrected chi connectivity index (χ1v) is 12.8. The highest BCUT2D eigenvalue weighted by molar-refractivity contribution is 6.31. The number of hydrogen-bond donors (Lipinski definition) is 2. The minimum Gasteiger partial charge on any atom is -0.461 e. The Labute approximate surface area is 213 Å². The molecule has 9 nitrogen and oxygen atoms in total. The van der Waals surface area contributed by atoms with Gasteiger partial charge in [0.25, 0.3) is 0 Å². The number of nitrogens with one attached hydrogen (secondary N) is 2. The first-order chi connectivity index (χ1) is 17.5. The summed E-state index contributed by atoms with van der Waals surface area (Å²) < 4.78 is 19.2. The van der Waals surface area contributed by atoms with E-state index in [1.54, 1.807) is 12.3 Å². The molecule has 1 saturated carbocycles. The molecule has 2 aliphatic rings. The van der Waals surface area contributed by atoms with Gasteiger partial charge in [-0.05, 0) is 56.7 Å². The second kappa shape index (κ2) is 11.3. The van der Waals surface area contributed by atoms with Crippen LogP contribution in [0.2, 0.25) is 5.02 Å². The first kappa shape index (κ1) is 24.6. The third kappa shape index (κ3) is 6.17. The van der Waals surface area contributed by atoms with Crippen molar-refractivity contribution >= 4 is 46.1 Å². The van der Waals surface area contributed by atoms with E-state index >= 15 is 0 Å². The minimum atomic E-state index is -0.490. The summed E-state index contributed by atoms with van der Waals surface area (Å²) in [5.74, 6) is 0.344. The van der Waals surface area contributed by atoms with E-state index in [0.717, 1.165) is 51.6 Å². The molecule has 1 aliphatic carbocycles. The molecule has 1 aliphatic heterocycles. The number of hydrogen-bond acceptors (Lipinski definition) is 9. The molecule has 3 heterocycles. The highest BCUT2D eigenvalue weighted by Gasteiger charge is 2.24. The van der Waals surface area contributed by atoms with Crippen molar-refractivity contribution < 1.29 is 13.9 Å². The lowest BCUT2D eigenvalue weighted by atomic mass is 9.98. The van der Waals surface area contributed by atoms with Gasteiger partial charge in [-0.3, -0.25) is 9.69 Å². The summed E-state index contributed by atoms with van der Waals surface area (Å²) in [5.41, 5.74) is 1.71. The monoisotopic (exact) mass is 513 g/mol. The Kier molecular flexibility index (Phi) is 7.72. The zero-order valence-corrected chi connectivity index (χ0v) is 20.7. The summed E-state index contributed by atoms with van der Waals surface area (Å²) in [6.07, 6.45) is 10.4. The molecule has 5 rings (SSSR count). The van der Waals surface area contributed by atoms with E-state index in [9.17, 15) is 9.18 Å². The smallest absolute Gasteiger partial charge is 0.320 e. The standard InChI is InChI=1S/C25H29ClFN7O2/c26-19-12-17(6-7-20(19)27)31-24-23-21(29-15-30-24)13-28-25(33-23)32-16-8-10-34(11-9-16)14-22(35)36-18-4-2-1-3-5-18/h6-7,12-13,15-16,18H,1-5,8-11,14H2,(H,28,32,33)(H,29,30,31). The fourth-order valence-corrected chi connectivity index (χ4v) is 4.91. The molecular weight excluding hydrogens is 485 g/mol. The highest BCUT2D eigenvalue weighted by Crippen LogP contribution is 2.26. The van der Waals surface area contributed by atoms with Gasteiger partial charge in [0.05, 0.1) is 17.8 Å². The Bertz CT molecular complexity index is 1220. The van der Waals surface area contributed by atoms with Crippen LogP contribution in [-0.4, -0.2) is 62.6 Å². The predicted octanol–water partition coefficient (Wildman–Crippen LogP) is 4.71. The Hall–Kier alpha value is -3.11. The van der Waals surface area contributed by atoms with E-state index in [-0.39, 0.29) is 23.1 Å². The number of fused-ring (bicyclic) bond motifs is 1. The number of rotatable bonds is 7. The molecule has 0 atom stereocenters. The van der Waals surface area contributed by atoms with Crippen LogP contribution < -0.4 is 10.6 Å². The Balaban J connectivity index is 1.17. The van der Waals surface area contributed by atoms with Crippen LogP contribution in [0.4, 0.5) is 21.8 Å². The molecular formula is C25H29ClFN7O2. The Morgan fingerprint density at radius 3 is 2.69 bits per heavy atom. The van der Waals surface area contributed by atoms with Crippen LogP contribution >= 0.6 is 11.6 Å². The average Bonchev–Trinajstić information content (AvgIpc) is 2.88. The fraction of sp³-hybridized carbons (Fsp3) is 0.480. The van der Waals surface area contributed by atoms with Crippen LogP contribution in [0.15, 0.2) is 30.7 Å². The van der Waals surface area contributed by atoms with Crippen molar-refractivity contribution in [1.82, 2.24) is 24.8 Å². The molecule has 190 valence electrons. The number of nitrogens with zero attached hydrogens (tertiary/aromatic N) is 5. The second-order valence-electron chi connectivity index (χ2n) is 9.35. The van der Waals surface area contributed by atoms with Crippen molar-refractivity contribution in [3.8, 4) is 0 Å². The lowest BCUT2D eigenvalue weighted by molar-refractivity contribution is -0.152. The maximum atomic E-state index is 13.5. The van der Waals surface area contributed by atoms with Crippen LogP contribution in [0.3, 0.4) is 0 Å². The third-order valence-electron chi connectivity index (χ3n) is 6.68. The second-order valence-corrected chi connectivity index (χ2v) is 9.76. The number of benzene rings is 1. The zero-order valence-electron chi connectivity index (χ0n) is 19.9. The maximum Gasteiger partial charge on any atom is 0.320 e. The highest BCUT2D eigenvalue weighted by atomic mass is 35.5. The van der Waals surface area contributed by atoms with E-state index < -0.39 is 5.82 Å². The number of ether oxygens (including phenoxy) is 1. The van der Waals surface area contributed by atoms with Crippen LogP contribution in [-0.2, 0) is 9.53 Å². The van der Waals surface area contributed by atoms with E-state index in [4.69, 9.17) is 16.3 Å². The summed E-state index contributed by atoms with van der Waals surface area (Å²) in [7, 11) is 0. The predicted molar refractivity (Wildman–Crippen MR) is 136 cm³/mol. The van der Waals surface area contributed by atoms with Crippen molar-refractivity contribution in [3.05, 3.63) is 41.6 Å². The lowest BCUT2D eigenvalue weighted by Crippen LogP contribution is -2.42.